The molecule has 1 nitrogen and oxygen atoms in total. The summed E-state index contributed by atoms with van der Waals surface area (Å²) in [6.07, 6.45) is 2.91. The maximum atomic E-state index is 6.06. The van der Waals surface area contributed by atoms with Crippen molar-refractivity contribution in [1.82, 2.24) is 4.98 Å². The first-order valence-electron chi connectivity index (χ1n) is 5.29. The van der Waals surface area contributed by atoms with Gasteiger partial charge in [-0.2, -0.15) is 0 Å². The molecular formula is C13H14ClNS. The molecule has 0 fully saturated rings. The minimum absolute atomic E-state index is 0.391. The molecule has 0 aliphatic carbocycles. The molecule has 1 aromatic heterocycles. The summed E-state index contributed by atoms with van der Waals surface area (Å²) in [6.45, 7) is 2.11. The van der Waals surface area contributed by atoms with Crippen LogP contribution in [0.1, 0.15) is 21.9 Å². The predicted molar refractivity (Wildman–Crippen MR) is 70.5 cm³/mol. The number of nitrogens with zero attached hydrogens (tertiary/aromatic N) is 1. The van der Waals surface area contributed by atoms with Gasteiger partial charge < -0.3 is 0 Å². The van der Waals surface area contributed by atoms with Gasteiger partial charge in [0.05, 0.1) is 5.51 Å². The summed E-state index contributed by atoms with van der Waals surface area (Å²) in [5, 5.41) is 0. The second-order valence-corrected chi connectivity index (χ2v) is 5.22. The van der Waals surface area contributed by atoms with Gasteiger partial charge in [-0.1, -0.05) is 29.8 Å². The van der Waals surface area contributed by atoms with Crippen molar-refractivity contribution in [2.75, 3.05) is 5.88 Å². The Bertz CT molecular complexity index is 439. The second-order valence-electron chi connectivity index (χ2n) is 3.94. The lowest BCUT2D eigenvalue weighted by Gasteiger charge is -2.13. The second kappa shape index (κ2) is 5.46. The fourth-order valence-corrected chi connectivity index (χ4v) is 2.73. The van der Waals surface area contributed by atoms with Crippen molar-refractivity contribution in [2.24, 2.45) is 0 Å². The molecule has 2 rings (SSSR count). The summed E-state index contributed by atoms with van der Waals surface area (Å²) < 4.78 is 0. The molecule has 16 heavy (non-hydrogen) atoms. The van der Waals surface area contributed by atoms with Crippen LogP contribution in [0.3, 0.4) is 0 Å². The van der Waals surface area contributed by atoms with Crippen LogP contribution in [0, 0.1) is 6.92 Å². The summed E-state index contributed by atoms with van der Waals surface area (Å²) in [7, 11) is 0. The highest BCUT2D eigenvalue weighted by molar-refractivity contribution is 7.09. The molecule has 2 aromatic rings. The maximum absolute atomic E-state index is 6.06. The minimum atomic E-state index is 0.391. The Kier molecular flexibility index (Phi) is 3.97. The van der Waals surface area contributed by atoms with E-state index in [1.807, 2.05) is 11.7 Å². The zero-order chi connectivity index (χ0) is 11.4. The summed E-state index contributed by atoms with van der Waals surface area (Å²) in [5.41, 5.74) is 4.48. The topological polar surface area (TPSA) is 12.9 Å². The molecule has 84 valence electrons. The Morgan fingerprint density at radius 3 is 2.94 bits per heavy atom. The third-order valence-corrected chi connectivity index (χ3v) is 3.81. The van der Waals surface area contributed by atoms with Gasteiger partial charge in [0.1, 0.15) is 0 Å². The van der Waals surface area contributed by atoms with Crippen molar-refractivity contribution in [3.05, 3.63) is 52.0 Å². The van der Waals surface area contributed by atoms with Crippen LogP contribution < -0.4 is 0 Å². The largest absolute Gasteiger partial charge is 0.253 e. The molecule has 0 saturated heterocycles. The fraction of sp³-hybridized carbons (Fsp3) is 0.308. The van der Waals surface area contributed by atoms with E-state index < -0.39 is 0 Å². The molecule has 1 unspecified atom stereocenters. The number of halogens is 1. The molecule has 0 aliphatic heterocycles. The molecule has 0 amide bonds. The number of benzene rings is 1. The van der Waals surface area contributed by atoms with Crippen LogP contribution in [-0.2, 0) is 6.42 Å². The van der Waals surface area contributed by atoms with E-state index in [4.69, 9.17) is 11.6 Å². The predicted octanol–water partition coefficient (Wildman–Crippen LogP) is 4.02. The first kappa shape index (κ1) is 11.6. The van der Waals surface area contributed by atoms with Crippen LogP contribution in [0.2, 0.25) is 0 Å². The van der Waals surface area contributed by atoms with Gasteiger partial charge in [-0.05, 0) is 18.9 Å². The van der Waals surface area contributed by atoms with Crippen molar-refractivity contribution >= 4 is 22.9 Å². The van der Waals surface area contributed by atoms with Crippen LogP contribution in [-0.4, -0.2) is 10.9 Å². The van der Waals surface area contributed by atoms with E-state index in [-0.39, 0.29) is 0 Å². The molecule has 1 aromatic carbocycles. The molecule has 0 saturated carbocycles. The fourth-order valence-electron chi connectivity index (χ4n) is 1.77. The standard InChI is InChI=1S/C13H14ClNS/c1-10-3-2-4-11(5-10)12(7-14)6-13-8-15-9-16-13/h2-5,8-9,12H,6-7H2,1H3. The summed E-state index contributed by atoms with van der Waals surface area (Å²) in [5.74, 6) is 1.04. The Hall–Kier alpha value is -0.860. The van der Waals surface area contributed by atoms with Crippen molar-refractivity contribution in [2.45, 2.75) is 19.3 Å². The molecule has 3 heteroatoms. The number of thiazole rings is 1. The molecule has 0 aliphatic rings. The van der Waals surface area contributed by atoms with Crippen LogP contribution >= 0.6 is 22.9 Å². The molecule has 0 bridgehead atoms. The summed E-state index contributed by atoms with van der Waals surface area (Å²) >= 11 is 7.75. The van der Waals surface area contributed by atoms with Gasteiger partial charge in [0.2, 0.25) is 0 Å². The smallest absolute Gasteiger partial charge is 0.0794 e. The Balaban J connectivity index is 2.16. The lowest BCUT2D eigenvalue weighted by molar-refractivity contribution is 0.774. The first-order valence-corrected chi connectivity index (χ1v) is 6.71. The van der Waals surface area contributed by atoms with Crippen LogP contribution in [0.4, 0.5) is 0 Å². The lowest BCUT2D eigenvalue weighted by atomic mass is 9.96. The molecule has 1 heterocycles. The molecular weight excluding hydrogens is 238 g/mol. The zero-order valence-electron chi connectivity index (χ0n) is 9.19. The van der Waals surface area contributed by atoms with Gasteiger partial charge in [-0.25, -0.2) is 0 Å². The van der Waals surface area contributed by atoms with Crippen molar-refractivity contribution in [3.63, 3.8) is 0 Å². The molecule has 0 radical (unpaired) electrons. The van der Waals surface area contributed by atoms with Gasteiger partial charge in [-0.3, -0.25) is 4.98 Å². The quantitative estimate of drug-likeness (QED) is 0.748. The van der Waals surface area contributed by atoms with E-state index in [0.717, 1.165) is 6.42 Å². The number of alkyl halides is 1. The first-order chi connectivity index (χ1) is 7.79. The number of aryl methyl sites for hydroxylation is 1. The van der Waals surface area contributed by atoms with E-state index in [1.165, 1.54) is 16.0 Å². The number of hydrogen-bond donors (Lipinski definition) is 0. The summed E-state index contributed by atoms with van der Waals surface area (Å²) in [4.78, 5) is 5.39. The number of aromatic nitrogens is 1. The zero-order valence-corrected chi connectivity index (χ0v) is 10.8. The normalized spacial score (nSPS) is 12.6. The van der Waals surface area contributed by atoms with Crippen LogP contribution in [0.15, 0.2) is 36.0 Å². The van der Waals surface area contributed by atoms with Gasteiger partial charge >= 0.3 is 0 Å². The van der Waals surface area contributed by atoms with Crippen LogP contribution in [0.25, 0.3) is 0 Å². The highest BCUT2D eigenvalue weighted by atomic mass is 35.5. The van der Waals surface area contributed by atoms with Crippen molar-refractivity contribution in [1.29, 1.82) is 0 Å². The Morgan fingerprint density at radius 2 is 2.31 bits per heavy atom. The van der Waals surface area contributed by atoms with Gasteiger partial charge in [0.15, 0.2) is 0 Å². The highest BCUT2D eigenvalue weighted by Gasteiger charge is 2.12. The SMILES string of the molecule is Cc1cccc(C(CCl)Cc2cncs2)c1. The lowest BCUT2D eigenvalue weighted by Crippen LogP contribution is -2.03. The maximum Gasteiger partial charge on any atom is 0.0794 e. The van der Waals surface area contributed by atoms with E-state index in [2.05, 4.69) is 36.2 Å². The van der Waals surface area contributed by atoms with Crippen molar-refractivity contribution in [3.8, 4) is 0 Å². The van der Waals surface area contributed by atoms with Crippen molar-refractivity contribution < 1.29 is 0 Å². The van der Waals surface area contributed by atoms with Gasteiger partial charge in [0.25, 0.3) is 0 Å². The van der Waals surface area contributed by atoms with E-state index in [0.29, 0.717) is 11.8 Å². The number of hydrogen-bond acceptors (Lipinski definition) is 2. The third-order valence-electron chi connectivity index (χ3n) is 2.63. The molecule has 1 atom stereocenters. The Labute approximate surface area is 105 Å². The molecule has 0 spiro atoms. The van der Waals surface area contributed by atoms with E-state index >= 15 is 0 Å². The minimum Gasteiger partial charge on any atom is -0.253 e. The highest BCUT2D eigenvalue weighted by Crippen LogP contribution is 2.24. The number of rotatable bonds is 4. The average Bonchev–Trinajstić information content (AvgIpc) is 2.78. The van der Waals surface area contributed by atoms with Crippen LogP contribution in [0.5, 0.6) is 0 Å². The Morgan fingerprint density at radius 1 is 1.44 bits per heavy atom. The summed E-state index contributed by atoms with van der Waals surface area (Å²) in [6, 6.07) is 8.58. The molecule has 0 N–H and O–H groups in total. The van der Waals surface area contributed by atoms with Gasteiger partial charge in [0, 0.05) is 22.9 Å². The van der Waals surface area contributed by atoms with E-state index in [9.17, 15) is 0 Å². The monoisotopic (exact) mass is 251 g/mol. The van der Waals surface area contributed by atoms with Gasteiger partial charge in [-0.15, -0.1) is 22.9 Å². The third kappa shape index (κ3) is 2.83. The van der Waals surface area contributed by atoms with E-state index in [1.54, 1.807) is 11.3 Å². The average molecular weight is 252 g/mol.